The van der Waals surface area contributed by atoms with Crippen LogP contribution in [0.4, 0.5) is 0 Å². The molecule has 0 amide bonds. The molecule has 0 spiro atoms. The van der Waals surface area contributed by atoms with E-state index in [2.05, 4.69) is 49.2 Å². The Morgan fingerprint density at radius 2 is 1.82 bits per heavy atom. The highest BCUT2D eigenvalue weighted by Gasteiger charge is 2.26. The van der Waals surface area contributed by atoms with Crippen LogP contribution in [-0.2, 0) is 11.2 Å². The monoisotopic (exact) mass is 295 g/mol. The van der Waals surface area contributed by atoms with Gasteiger partial charge in [-0.05, 0) is 43.2 Å². The van der Waals surface area contributed by atoms with Crippen LogP contribution in [0.25, 0.3) is 0 Å². The summed E-state index contributed by atoms with van der Waals surface area (Å²) in [7, 11) is 1.71. The lowest BCUT2D eigenvalue weighted by molar-refractivity contribution is 0.279. The van der Waals surface area contributed by atoms with Crippen molar-refractivity contribution in [3.05, 3.63) is 65.2 Å². The van der Waals surface area contributed by atoms with Crippen LogP contribution in [-0.4, -0.2) is 25.2 Å². The molecule has 0 fully saturated rings. The number of hydrogen-bond donors (Lipinski definition) is 0. The average Bonchev–Trinajstić information content (AvgIpc) is 2.89. The Kier molecular flexibility index (Phi) is 3.88. The molecule has 1 aliphatic rings. The first-order chi connectivity index (χ1) is 10.6. The van der Waals surface area contributed by atoms with Gasteiger partial charge in [0, 0.05) is 12.0 Å². The predicted molar refractivity (Wildman–Crippen MR) is 88.8 cm³/mol. The molecule has 0 radical (unpaired) electrons. The SMILES string of the molecule is COc1ccccc1Cc1ccc(C2=NC(C)(C)CO2)cc1. The van der Waals surface area contributed by atoms with Gasteiger partial charge in [0.25, 0.3) is 0 Å². The summed E-state index contributed by atoms with van der Waals surface area (Å²) in [6, 6.07) is 16.5. The highest BCUT2D eigenvalue weighted by molar-refractivity contribution is 5.95. The largest absolute Gasteiger partial charge is 0.496 e. The standard InChI is InChI=1S/C19H21NO2/c1-19(2)13-22-18(20-19)15-10-8-14(9-11-15)12-16-6-4-5-7-17(16)21-3/h4-11H,12-13H2,1-3H3. The second-order valence-electron chi connectivity index (χ2n) is 6.20. The molecular weight excluding hydrogens is 274 g/mol. The first kappa shape index (κ1) is 14.6. The Morgan fingerprint density at radius 3 is 2.45 bits per heavy atom. The maximum absolute atomic E-state index is 5.68. The van der Waals surface area contributed by atoms with Gasteiger partial charge in [0.05, 0.1) is 12.6 Å². The molecule has 3 nitrogen and oxygen atoms in total. The summed E-state index contributed by atoms with van der Waals surface area (Å²) in [5.74, 6) is 1.67. The minimum absolute atomic E-state index is 0.120. The van der Waals surface area contributed by atoms with Crippen molar-refractivity contribution in [2.45, 2.75) is 25.8 Å². The minimum Gasteiger partial charge on any atom is -0.496 e. The average molecular weight is 295 g/mol. The van der Waals surface area contributed by atoms with Gasteiger partial charge in [-0.15, -0.1) is 0 Å². The molecule has 3 rings (SSSR count). The third kappa shape index (κ3) is 3.14. The summed E-state index contributed by atoms with van der Waals surface area (Å²) in [4.78, 5) is 4.61. The van der Waals surface area contributed by atoms with Gasteiger partial charge in [0.2, 0.25) is 5.90 Å². The van der Waals surface area contributed by atoms with E-state index < -0.39 is 0 Å². The molecule has 2 aromatic carbocycles. The summed E-state index contributed by atoms with van der Waals surface area (Å²) < 4.78 is 11.1. The molecule has 0 atom stereocenters. The Balaban J connectivity index is 1.78. The van der Waals surface area contributed by atoms with Crippen LogP contribution in [0.15, 0.2) is 53.5 Å². The van der Waals surface area contributed by atoms with Gasteiger partial charge < -0.3 is 9.47 Å². The first-order valence-corrected chi connectivity index (χ1v) is 7.51. The van der Waals surface area contributed by atoms with Crippen LogP contribution in [0, 0.1) is 0 Å². The zero-order valence-electron chi connectivity index (χ0n) is 13.3. The van der Waals surface area contributed by atoms with Gasteiger partial charge >= 0.3 is 0 Å². The number of benzene rings is 2. The zero-order valence-corrected chi connectivity index (χ0v) is 13.3. The lowest BCUT2D eigenvalue weighted by Crippen LogP contribution is -2.17. The van der Waals surface area contributed by atoms with E-state index in [1.807, 2.05) is 18.2 Å². The Labute approximate surface area is 131 Å². The van der Waals surface area contributed by atoms with Crippen molar-refractivity contribution in [3.8, 4) is 5.75 Å². The third-order valence-corrected chi connectivity index (χ3v) is 3.75. The van der Waals surface area contributed by atoms with E-state index in [-0.39, 0.29) is 5.54 Å². The van der Waals surface area contributed by atoms with E-state index in [0.717, 1.165) is 23.6 Å². The zero-order chi connectivity index (χ0) is 15.6. The molecule has 114 valence electrons. The molecule has 0 saturated carbocycles. The molecule has 0 unspecified atom stereocenters. The van der Waals surface area contributed by atoms with Crippen molar-refractivity contribution in [2.24, 2.45) is 4.99 Å². The van der Waals surface area contributed by atoms with Gasteiger partial charge in [-0.1, -0.05) is 30.3 Å². The van der Waals surface area contributed by atoms with Gasteiger partial charge in [0.15, 0.2) is 0 Å². The van der Waals surface area contributed by atoms with Crippen molar-refractivity contribution in [1.82, 2.24) is 0 Å². The fourth-order valence-corrected chi connectivity index (χ4v) is 2.57. The number of para-hydroxylation sites is 1. The van der Waals surface area contributed by atoms with Gasteiger partial charge in [-0.25, -0.2) is 4.99 Å². The molecule has 0 saturated heterocycles. The van der Waals surface area contributed by atoms with Gasteiger partial charge in [-0.2, -0.15) is 0 Å². The van der Waals surface area contributed by atoms with Crippen molar-refractivity contribution < 1.29 is 9.47 Å². The van der Waals surface area contributed by atoms with Crippen LogP contribution in [0.1, 0.15) is 30.5 Å². The van der Waals surface area contributed by atoms with Crippen molar-refractivity contribution >= 4 is 5.90 Å². The van der Waals surface area contributed by atoms with E-state index in [1.54, 1.807) is 7.11 Å². The van der Waals surface area contributed by atoms with Gasteiger partial charge in [-0.3, -0.25) is 0 Å². The lowest BCUT2D eigenvalue weighted by Gasteiger charge is -2.08. The normalized spacial score (nSPS) is 16.0. The quantitative estimate of drug-likeness (QED) is 0.858. The fraction of sp³-hybridized carbons (Fsp3) is 0.316. The number of ether oxygens (including phenoxy) is 2. The smallest absolute Gasteiger partial charge is 0.216 e. The molecule has 0 bridgehead atoms. The Morgan fingerprint density at radius 1 is 1.09 bits per heavy atom. The van der Waals surface area contributed by atoms with Crippen molar-refractivity contribution in [1.29, 1.82) is 0 Å². The number of aliphatic imine (C=N–C) groups is 1. The second kappa shape index (κ2) is 5.84. The van der Waals surface area contributed by atoms with E-state index >= 15 is 0 Å². The molecule has 0 aliphatic carbocycles. The topological polar surface area (TPSA) is 30.8 Å². The molecular formula is C19H21NO2. The number of methoxy groups -OCH3 is 1. The predicted octanol–water partition coefficient (Wildman–Crippen LogP) is 3.84. The molecule has 1 aliphatic heterocycles. The number of hydrogen-bond acceptors (Lipinski definition) is 3. The van der Waals surface area contributed by atoms with E-state index in [0.29, 0.717) is 6.61 Å². The summed E-state index contributed by atoms with van der Waals surface area (Å²) >= 11 is 0. The number of rotatable bonds is 4. The highest BCUT2D eigenvalue weighted by Crippen LogP contribution is 2.23. The molecule has 3 heteroatoms. The number of nitrogens with zero attached hydrogens (tertiary/aromatic N) is 1. The molecule has 0 N–H and O–H groups in total. The van der Waals surface area contributed by atoms with Crippen LogP contribution >= 0.6 is 0 Å². The van der Waals surface area contributed by atoms with Crippen molar-refractivity contribution in [3.63, 3.8) is 0 Å². The summed E-state index contributed by atoms with van der Waals surface area (Å²) in [6.45, 7) is 4.80. The molecule has 22 heavy (non-hydrogen) atoms. The summed E-state index contributed by atoms with van der Waals surface area (Å²) in [5, 5.41) is 0. The highest BCUT2D eigenvalue weighted by atomic mass is 16.5. The minimum atomic E-state index is -0.120. The van der Waals surface area contributed by atoms with E-state index in [9.17, 15) is 0 Å². The fourth-order valence-electron chi connectivity index (χ4n) is 2.57. The Bertz CT molecular complexity index is 687. The second-order valence-corrected chi connectivity index (χ2v) is 6.20. The van der Waals surface area contributed by atoms with Crippen LogP contribution in [0.2, 0.25) is 0 Å². The van der Waals surface area contributed by atoms with Crippen molar-refractivity contribution in [2.75, 3.05) is 13.7 Å². The van der Waals surface area contributed by atoms with E-state index in [4.69, 9.17) is 9.47 Å². The third-order valence-electron chi connectivity index (χ3n) is 3.75. The first-order valence-electron chi connectivity index (χ1n) is 7.51. The Hall–Kier alpha value is -2.29. The maximum Gasteiger partial charge on any atom is 0.216 e. The summed E-state index contributed by atoms with van der Waals surface area (Å²) in [6.07, 6.45) is 0.850. The molecule has 1 heterocycles. The maximum atomic E-state index is 5.68. The summed E-state index contributed by atoms with van der Waals surface area (Å²) in [5.41, 5.74) is 3.35. The van der Waals surface area contributed by atoms with Crippen LogP contribution in [0.3, 0.4) is 0 Å². The van der Waals surface area contributed by atoms with E-state index in [1.165, 1.54) is 11.1 Å². The van der Waals surface area contributed by atoms with Crippen LogP contribution < -0.4 is 4.74 Å². The van der Waals surface area contributed by atoms with Crippen LogP contribution in [0.5, 0.6) is 5.75 Å². The van der Waals surface area contributed by atoms with Gasteiger partial charge in [0.1, 0.15) is 12.4 Å². The molecule has 0 aromatic heterocycles. The lowest BCUT2D eigenvalue weighted by atomic mass is 10.0. The molecule has 2 aromatic rings.